The van der Waals surface area contributed by atoms with Crippen LogP contribution in [0.25, 0.3) is 0 Å². The lowest BCUT2D eigenvalue weighted by Crippen LogP contribution is -2.52. The molecule has 0 saturated heterocycles. The molecule has 18 heavy (non-hydrogen) atoms. The number of hydrogen-bond donors (Lipinski definition) is 1. The molecular weight excluding hydrogens is 231 g/mol. The second-order valence-corrected chi connectivity index (χ2v) is 4.86. The number of carbonyl (C=O) groups is 1. The van der Waals surface area contributed by atoms with Gasteiger partial charge in [-0.2, -0.15) is 0 Å². The zero-order chi connectivity index (χ0) is 13.2. The van der Waals surface area contributed by atoms with Crippen LogP contribution in [-0.2, 0) is 4.79 Å². The highest BCUT2D eigenvalue weighted by atomic mass is 19.1. The SMILES string of the molecule is CCN(C(=O)C1(CN)CCC1)c1ccc(F)cc1. The first kappa shape index (κ1) is 13.0. The molecule has 1 aromatic carbocycles. The minimum Gasteiger partial charge on any atom is -0.329 e. The van der Waals surface area contributed by atoms with E-state index < -0.39 is 0 Å². The van der Waals surface area contributed by atoms with Crippen molar-refractivity contribution in [1.29, 1.82) is 0 Å². The number of carbonyl (C=O) groups excluding carboxylic acids is 1. The Hall–Kier alpha value is -1.42. The van der Waals surface area contributed by atoms with Gasteiger partial charge in [-0.25, -0.2) is 4.39 Å². The molecule has 0 bridgehead atoms. The van der Waals surface area contributed by atoms with Gasteiger partial charge in [0.15, 0.2) is 0 Å². The van der Waals surface area contributed by atoms with Crippen LogP contribution in [-0.4, -0.2) is 19.0 Å². The molecule has 2 rings (SSSR count). The van der Waals surface area contributed by atoms with Crippen molar-refractivity contribution in [2.45, 2.75) is 26.2 Å². The number of anilines is 1. The molecule has 1 aliphatic carbocycles. The maximum absolute atomic E-state index is 12.9. The van der Waals surface area contributed by atoms with Crippen molar-refractivity contribution >= 4 is 11.6 Å². The maximum atomic E-state index is 12.9. The van der Waals surface area contributed by atoms with E-state index in [0.29, 0.717) is 13.1 Å². The van der Waals surface area contributed by atoms with E-state index in [1.54, 1.807) is 17.0 Å². The summed E-state index contributed by atoms with van der Waals surface area (Å²) in [6.07, 6.45) is 2.78. The zero-order valence-corrected chi connectivity index (χ0v) is 10.7. The number of nitrogens with two attached hydrogens (primary N) is 1. The Morgan fingerprint density at radius 2 is 2.00 bits per heavy atom. The van der Waals surface area contributed by atoms with Crippen LogP contribution in [0, 0.1) is 11.2 Å². The zero-order valence-electron chi connectivity index (χ0n) is 10.7. The molecular formula is C14H19FN2O. The molecule has 0 aromatic heterocycles. The Labute approximate surface area is 107 Å². The Bertz CT molecular complexity index is 420. The second kappa shape index (κ2) is 5.06. The van der Waals surface area contributed by atoms with E-state index in [0.717, 1.165) is 24.9 Å². The minimum atomic E-state index is -0.385. The van der Waals surface area contributed by atoms with E-state index in [1.165, 1.54) is 12.1 Å². The van der Waals surface area contributed by atoms with E-state index in [4.69, 9.17) is 5.73 Å². The van der Waals surface area contributed by atoms with E-state index in [9.17, 15) is 9.18 Å². The number of benzene rings is 1. The maximum Gasteiger partial charge on any atom is 0.234 e. The fourth-order valence-electron chi connectivity index (χ4n) is 2.46. The van der Waals surface area contributed by atoms with Crippen molar-refractivity contribution in [2.75, 3.05) is 18.0 Å². The summed E-state index contributed by atoms with van der Waals surface area (Å²) in [6.45, 7) is 2.89. The monoisotopic (exact) mass is 250 g/mol. The number of hydrogen-bond acceptors (Lipinski definition) is 2. The molecule has 0 radical (unpaired) electrons. The lowest BCUT2D eigenvalue weighted by molar-refractivity contribution is -0.132. The summed E-state index contributed by atoms with van der Waals surface area (Å²) in [6, 6.07) is 6.03. The quantitative estimate of drug-likeness (QED) is 0.891. The highest BCUT2D eigenvalue weighted by Gasteiger charge is 2.45. The molecule has 0 heterocycles. The van der Waals surface area contributed by atoms with Crippen LogP contribution in [0.3, 0.4) is 0 Å². The topological polar surface area (TPSA) is 46.3 Å². The lowest BCUT2D eigenvalue weighted by atomic mass is 9.67. The number of rotatable bonds is 4. The largest absolute Gasteiger partial charge is 0.329 e. The van der Waals surface area contributed by atoms with Crippen molar-refractivity contribution in [3.05, 3.63) is 30.1 Å². The van der Waals surface area contributed by atoms with Crippen LogP contribution in [0.15, 0.2) is 24.3 Å². The molecule has 0 atom stereocenters. The summed E-state index contributed by atoms with van der Waals surface area (Å²) in [5.41, 5.74) is 6.11. The van der Waals surface area contributed by atoms with Crippen LogP contribution < -0.4 is 10.6 Å². The number of nitrogens with zero attached hydrogens (tertiary/aromatic N) is 1. The van der Waals surface area contributed by atoms with Crippen LogP contribution in [0.2, 0.25) is 0 Å². The van der Waals surface area contributed by atoms with E-state index in [2.05, 4.69) is 0 Å². The Kier molecular flexibility index (Phi) is 3.66. The molecule has 0 spiro atoms. The summed E-state index contributed by atoms with van der Waals surface area (Å²) in [4.78, 5) is 14.2. The average Bonchev–Trinajstić information content (AvgIpc) is 2.32. The lowest BCUT2D eigenvalue weighted by Gasteiger charge is -2.42. The summed E-state index contributed by atoms with van der Waals surface area (Å²) in [5, 5.41) is 0. The fourth-order valence-corrected chi connectivity index (χ4v) is 2.46. The van der Waals surface area contributed by atoms with Crippen molar-refractivity contribution in [3.8, 4) is 0 Å². The van der Waals surface area contributed by atoms with E-state index >= 15 is 0 Å². The molecule has 3 nitrogen and oxygen atoms in total. The fraction of sp³-hybridized carbons (Fsp3) is 0.500. The molecule has 2 N–H and O–H groups in total. The second-order valence-electron chi connectivity index (χ2n) is 4.86. The first-order chi connectivity index (χ1) is 8.63. The van der Waals surface area contributed by atoms with Crippen molar-refractivity contribution in [1.82, 2.24) is 0 Å². The molecule has 1 aromatic rings. The summed E-state index contributed by atoms with van der Waals surface area (Å²) >= 11 is 0. The molecule has 4 heteroatoms. The predicted molar refractivity (Wildman–Crippen MR) is 69.8 cm³/mol. The van der Waals surface area contributed by atoms with Gasteiger partial charge in [0.1, 0.15) is 5.82 Å². The summed E-state index contributed by atoms with van der Waals surface area (Å²) in [7, 11) is 0. The standard InChI is InChI=1S/C14H19FN2O/c1-2-17(12-6-4-11(15)5-7-12)13(18)14(10-16)8-3-9-14/h4-7H,2-3,8-10,16H2,1H3. The van der Waals surface area contributed by atoms with Crippen LogP contribution in [0.1, 0.15) is 26.2 Å². The Balaban J connectivity index is 2.23. The van der Waals surface area contributed by atoms with Gasteiger partial charge in [-0.15, -0.1) is 0 Å². The number of amides is 1. The van der Waals surface area contributed by atoms with Gasteiger partial charge in [-0.05, 0) is 44.0 Å². The van der Waals surface area contributed by atoms with Gasteiger partial charge < -0.3 is 10.6 Å². The van der Waals surface area contributed by atoms with Gasteiger partial charge in [0.2, 0.25) is 5.91 Å². The van der Waals surface area contributed by atoms with Gasteiger partial charge in [0.25, 0.3) is 0 Å². The highest BCUT2D eigenvalue weighted by molar-refractivity contribution is 5.98. The molecule has 0 aliphatic heterocycles. The first-order valence-corrected chi connectivity index (χ1v) is 6.40. The Morgan fingerprint density at radius 1 is 1.39 bits per heavy atom. The highest BCUT2D eigenvalue weighted by Crippen LogP contribution is 2.42. The van der Waals surface area contributed by atoms with Crippen molar-refractivity contribution in [2.24, 2.45) is 11.1 Å². The molecule has 1 fully saturated rings. The molecule has 1 amide bonds. The van der Waals surface area contributed by atoms with Crippen LogP contribution in [0.4, 0.5) is 10.1 Å². The average molecular weight is 250 g/mol. The third-order valence-corrected chi connectivity index (χ3v) is 3.85. The Morgan fingerprint density at radius 3 is 2.39 bits per heavy atom. The van der Waals surface area contributed by atoms with Crippen molar-refractivity contribution in [3.63, 3.8) is 0 Å². The third kappa shape index (κ3) is 2.12. The van der Waals surface area contributed by atoms with E-state index in [1.807, 2.05) is 6.92 Å². The van der Waals surface area contributed by atoms with Gasteiger partial charge in [-0.3, -0.25) is 4.79 Å². The normalized spacial score (nSPS) is 17.1. The van der Waals surface area contributed by atoms with Crippen LogP contribution in [0.5, 0.6) is 0 Å². The minimum absolute atomic E-state index is 0.0744. The molecule has 1 aliphatic rings. The first-order valence-electron chi connectivity index (χ1n) is 6.40. The van der Waals surface area contributed by atoms with Gasteiger partial charge in [-0.1, -0.05) is 6.42 Å². The third-order valence-electron chi connectivity index (χ3n) is 3.85. The van der Waals surface area contributed by atoms with Crippen molar-refractivity contribution < 1.29 is 9.18 Å². The molecule has 1 saturated carbocycles. The predicted octanol–water partition coefficient (Wildman–Crippen LogP) is 2.31. The number of halogens is 1. The van der Waals surface area contributed by atoms with Crippen LogP contribution >= 0.6 is 0 Å². The van der Waals surface area contributed by atoms with Gasteiger partial charge in [0.05, 0.1) is 5.41 Å². The van der Waals surface area contributed by atoms with Gasteiger partial charge in [0, 0.05) is 18.8 Å². The summed E-state index contributed by atoms with van der Waals surface area (Å²) < 4.78 is 12.9. The molecule has 98 valence electrons. The van der Waals surface area contributed by atoms with Gasteiger partial charge >= 0.3 is 0 Å². The summed E-state index contributed by atoms with van der Waals surface area (Å²) in [5.74, 6) is -0.218. The smallest absolute Gasteiger partial charge is 0.234 e. The van der Waals surface area contributed by atoms with E-state index in [-0.39, 0.29) is 17.1 Å². The molecule has 0 unspecified atom stereocenters.